The lowest BCUT2D eigenvalue weighted by Crippen LogP contribution is -2.12. The summed E-state index contributed by atoms with van der Waals surface area (Å²) in [6.45, 7) is 23.1. The van der Waals surface area contributed by atoms with E-state index in [1.54, 1.807) is 0 Å². The lowest BCUT2D eigenvalue weighted by molar-refractivity contribution is 0.807. The number of benzene rings is 10. The first-order chi connectivity index (χ1) is 44.3. The number of hydrogen-bond donors (Lipinski definition) is 0. The summed E-state index contributed by atoms with van der Waals surface area (Å²) >= 11 is 0. The van der Waals surface area contributed by atoms with Gasteiger partial charge in [-0.3, -0.25) is 13.7 Å². The summed E-state index contributed by atoms with van der Waals surface area (Å²) in [6.07, 6.45) is 12.2. The number of imidazole rings is 3. The molecular formula is C85H76N6. The third-order valence-corrected chi connectivity index (χ3v) is 19.6. The molecule has 0 aliphatic carbocycles. The van der Waals surface area contributed by atoms with Gasteiger partial charge in [0.2, 0.25) is 0 Å². The van der Waals surface area contributed by atoms with Crippen LogP contribution in [0.4, 0.5) is 0 Å². The van der Waals surface area contributed by atoms with Gasteiger partial charge in [-0.2, -0.15) is 0 Å². The zero-order valence-electron chi connectivity index (χ0n) is 53.7. The number of para-hydroxylation sites is 3. The summed E-state index contributed by atoms with van der Waals surface area (Å²) in [7, 11) is 0. The van der Waals surface area contributed by atoms with Gasteiger partial charge in [0, 0.05) is 65.7 Å². The first-order valence-electron chi connectivity index (χ1n) is 32.6. The number of aromatic nitrogens is 6. The quantitative estimate of drug-likeness (QED) is 0.122. The fourth-order valence-corrected chi connectivity index (χ4v) is 15.0. The highest BCUT2D eigenvalue weighted by Gasteiger charge is 2.30. The fourth-order valence-electron chi connectivity index (χ4n) is 15.0. The molecule has 13 aromatic rings. The summed E-state index contributed by atoms with van der Waals surface area (Å²) in [5.74, 6) is 4.40. The summed E-state index contributed by atoms with van der Waals surface area (Å²) in [5.41, 5.74) is 31.5. The van der Waals surface area contributed by atoms with E-state index in [-0.39, 0.29) is 11.8 Å². The summed E-state index contributed by atoms with van der Waals surface area (Å²) < 4.78 is 6.95. The Bertz CT molecular complexity index is 4700. The van der Waals surface area contributed by atoms with Crippen molar-refractivity contribution >= 4 is 0 Å². The Morgan fingerprint density at radius 2 is 0.571 bits per heavy atom. The maximum absolute atomic E-state index is 5.04. The minimum Gasteiger partial charge on any atom is -0.299 e. The molecule has 10 aromatic carbocycles. The highest BCUT2D eigenvalue weighted by Crippen LogP contribution is 2.50. The van der Waals surface area contributed by atoms with Crippen molar-refractivity contribution < 1.29 is 0 Å². The Labute approximate surface area is 536 Å². The Morgan fingerprint density at radius 1 is 0.264 bits per heavy atom. The van der Waals surface area contributed by atoms with Crippen LogP contribution in [0.15, 0.2) is 243 Å². The minimum atomic E-state index is 0.0834. The van der Waals surface area contributed by atoms with E-state index in [1.807, 2.05) is 18.6 Å². The molecule has 2 aliphatic heterocycles. The molecule has 5 heterocycles. The van der Waals surface area contributed by atoms with Crippen LogP contribution in [0.3, 0.4) is 0 Å². The van der Waals surface area contributed by atoms with Crippen molar-refractivity contribution in [3.8, 4) is 118 Å². The molecule has 0 radical (unpaired) electrons. The molecule has 6 nitrogen and oxygen atoms in total. The van der Waals surface area contributed by atoms with E-state index < -0.39 is 0 Å². The molecule has 0 N–H and O–H groups in total. The normalized spacial score (nSPS) is 14.0. The van der Waals surface area contributed by atoms with Crippen LogP contribution >= 0.6 is 0 Å². The molecule has 0 fully saturated rings. The topological polar surface area (TPSA) is 53.5 Å². The van der Waals surface area contributed by atoms with E-state index in [9.17, 15) is 0 Å². The monoisotopic (exact) mass is 1180 g/mol. The highest BCUT2D eigenvalue weighted by molar-refractivity contribution is 5.96. The zero-order chi connectivity index (χ0) is 62.3. The zero-order valence-corrected chi connectivity index (χ0v) is 53.7. The predicted octanol–water partition coefficient (Wildman–Crippen LogP) is 22.7. The van der Waals surface area contributed by atoms with E-state index in [0.29, 0.717) is 23.7 Å². The third kappa shape index (κ3) is 9.74. The van der Waals surface area contributed by atoms with Crippen LogP contribution in [0.5, 0.6) is 0 Å². The van der Waals surface area contributed by atoms with Crippen LogP contribution in [0, 0.1) is 0 Å². The Kier molecular flexibility index (Phi) is 14.5. The molecule has 0 saturated carbocycles. The van der Waals surface area contributed by atoms with Crippen LogP contribution in [0.1, 0.15) is 149 Å². The average molecular weight is 1180 g/mol. The van der Waals surface area contributed by atoms with Crippen molar-refractivity contribution in [3.63, 3.8) is 0 Å². The van der Waals surface area contributed by atoms with E-state index >= 15 is 0 Å². The molecule has 15 rings (SSSR count). The van der Waals surface area contributed by atoms with Gasteiger partial charge in [0.1, 0.15) is 17.5 Å². The summed E-state index contributed by atoms with van der Waals surface area (Å²) in [5, 5.41) is 0. The maximum atomic E-state index is 5.04. The van der Waals surface area contributed by atoms with Gasteiger partial charge in [-0.15, -0.1) is 0 Å². The molecule has 0 saturated heterocycles. The van der Waals surface area contributed by atoms with Crippen molar-refractivity contribution in [2.75, 3.05) is 0 Å². The van der Waals surface area contributed by atoms with E-state index in [0.717, 1.165) is 67.5 Å². The first kappa shape index (κ1) is 57.3. The Hall–Kier alpha value is -10.2. The maximum Gasteiger partial charge on any atom is 0.144 e. The SMILES string of the molecule is CC(C)c1cccc(C(C)C)c1-n1ccnc1-c1ccc(-c2ccccc2-c2cc(-c3ccccc3-c3ccc4cc3C(C)c3cccc(C(C)C)c3-n3ccnc3-4)cc(-c3ccccc3-c3ccc4cc3C(C)c3cccc(C(C)C)c3-n3ccnc3-4)c2)cc1. The van der Waals surface area contributed by atoms with Crippen LogP contribution < -0.4 is 0 Å². The second-order valence-electron chi connectivity index (χ2n) is 26.4. The van der Waals surface area contributed by atoms with Crippen molar-refractivity contribution in [2.24, 2.45) is 0 Å². The van der Waals surface area contributed by atoms with Gasteiger partial charge in [-0.1, -0.05) is 245 Å². The first-order valence-corrected chi connectivity index (χ1v) is 32.6. The summed E-state index contributed by atoms with van der Waals surface area (Å²) in [6, 6.07) is 78.1. The standard InChI is InChI=1S/C85H76N6/c1-51(2)64-26-17-27-65(52(3)4)80(64)89-43-40-86-83(89)58-34-32-57(33-35-58)70-20-11-12-21-71(70)61-46-62(72-22-13-15-24-74(72)76-38-36-59-49-78(76)55(9)68-30-18-28-66(53(5)6)81(68)90-44-41-87-84(59)90)48-63(47-61)73-23-14-16-25-75(73)77-39-37-60-50-79(77)56(10)69-31-19-29-67(54(7)8)82(69)91-45-42-88-85(60)91/h11-56H,1-10H3. The number of rotatable bonds is 12. The van der Waals surface area contributed by atoms with Crippen molar-refractivity contribution in [1.82, 2.24) is 28.7 Å². The number of fused-ring (bicyclic) bond motifs is 12. The lowest BCUT2D eigenvalue weighted by Gasteiger charge is -2.28. The second kappa shape index (κ2) is 23.0. The molecule has 446 valence electrons. The molecule has 91 heavy (non-hydrogen) atoms. The minimum absolute atomic E-state index is 0.0834. The number of nitrogens with zero attached hydrogens (tertiary/aromatic N) is 6. The molecular weight excluding hydrogens is 1100 g/mol. The molecule has 2 atom stereocenters. The average Bonchev–Trinajstić information content (AvgIpc) is 1.76. The van der Waals surface area contributed by atoms with Crippen LogP contribution in [-0.4, -0.2) is 28.7 Å². The largest absolute Gasteiger partial charge is 0.299 e. The smallest absolute Gasteiger partial charge is 0.144 e. The lowest BCUT2D eigenvalue weighted by atomic mass is 9.80. The molecule has 3 aromatic heterocycles. The third-order valence-electron chi connectivity index (χ3n) is 19.6. The van der Waals surface area contributed by atoms with Crippen LogP contribution in [-0.2, 0) is 0 Å². The van der Waals surface area contributed by atoms with E-state index in [2.05, 4.69) is 308 Å². The van der Waals surface area contributed by atoms with Gasteiger partial charge in [0.25, 0.3) is 0 Å². The molecule has 2 unspecified atom stereocenters. The number of hydrogen-bond acceptors (Lipinski definition) is 3. The molecule has 4 bridgehead atoms. The van der Waals surface area contributed by atoms with Gasteiger partial charge in [-0.25, -0.2) is 15.0 Å². The van der Waals surface area contributed by atoms with Crippen LogP contribution in [0.25, 0.3) is 118 Å². The molecule has 6 heteroatoms. The van der Waals surface area contributed by atoms with Crippen molar-refractivity contribution in [2.45, 2.75) is 105 Å². The predicted molar refractivity (Wildman–Crippen MR) is 378 cm³/mol. The fraction of sp³-hybridized carbons (Fsp3) is 0.188. The van der Waals surface area contributed by atoms with Gasteiger partial charge in [0.05, 0.1) is 17.1 Å². The second-order valence-corrected chi connectivity index (χ2v) is 26.4. The van der Waals surface area contributed by atoms with Crippen molar-refractivity contribution in [1.29, 1.82) is 0 Å². The Morgan fingerprint density at radius 3 is 0.967 bits per heavy atom. The van der Waals surface area contributed by atoms with Gasteiger partial charge in [0.15, 0.2) is 0 Å². The van der Waals surface area contributed by atoms with Crippen molar-refractivity contribution in [3.05, 3.63) is 288 Å². The van der Waals surface area contributed by atoms with Gasteiger partial charge in [-0.05, 0) is 165 Å². The van der Waals surface area contributed by atoms with E-state index in [1.165, 1.54) is 95.0 Å². The summed E-state index contributed by atoms with van der Waals surface area (Å²) in [4.78, 5) is 15.1. The van der Waals surface area contributed by atoms with Crippen LogP contribution in [0.2, 0.25) is 0 Å². The van der Waals surface area contributed by atoms with Gasteiger partial charge < -0.3 is 0 Å². The van der Waals surface area contributed by atoms with E-state index in [4.69, 9.17) is 15.0 Å². The molecule has 2 aliphatic rings. The molecule has 0 spiro atoms. The Balaban J connectivity index is 0.912. The van der Waals surface area contributed by atoms with Gasteiger partial charge >= 0.3 is 0 Å². The highest BCUT2D eigenvalue weighted by atomic mass is 15.1. The molecule has 0 amide bonds.